The van der Waals surface area contributed by atoms with Crippen molar-refractivity contribution in [3.8, 4) is 11.4 Å². The molecule has 2 N–H and O–H groups in total. The molecule has 1 aliphatic heterocycles. The Bertz CT molecular complexity index is 1310. The van der Waals surface area contributed by atoms with Crippen LogP contribution in [0.3, 0.4) is 0 Å². The number of benzene rings is 2. The van der Waals surface area contributed by atoms with Gasteiger partial charge in [-0.1, -0.05) is 25.1 Å². The Labute approximate surface area is 205 Å². The second-order valence-corrected chi connectivity index (χ2v) is 9.08. The number of rotatable bonds is 5. The Hall–Kier alpha value is -3.64. The molecule has 1 saturated heterocycles. The van der Waals surface area contributed by atoms with Gasteiger partial charge in [-0.2, -0.15) is 0 Å². The van der Waals surface area contributed by atoms with Crippen molar-refractivity contribution in [3.05, 3.63) is 107 Å². The van der Waals surface area contributed by atoms with Gasteiger partial charge in [-0.25, -0.2) is 0 Å². The molecule has 3 heterocycles. The number of aromatic nitrogens is 2. The zero-order chi connectivity index (χ0) is 23.8. The quantitative estimate of drug-likeness (QED) is 0.355. The molecule has 0 aliphatic carbocycles. The molecule has 0 unspecified atom stereocenters. The van der Waals surface area contributed by atoms with Crippen molar-refractivity contribution in [2.75, 3.05) is 4.90 Å². The molecule has 2 aromatic heterocycles. The standard InChI is InChI=1S/C28H28N4OS/c1-4-20-8-10-22(11-9-20)32-27(26(30-28(32)34)25-7-5-6-16-29-25)24-17-18(2)31(19(24)3)21-12-14-23(33)15-13-21/h5-17,26-27,33H,4H2,1-3H3,(H,30,34)/t26-,27+/m1/s1. The van der Waals surface area contributed by atoms with Crippen LogP contribution in [0.2, 0.25) is 0 Å². The van der Waals surface area contributed by atoms with Gasteiger partial charge in [0.15, 0.2) is 5.11 Å². The average Bonchev–Trinajstić information content (AvgIpc) is 3.35. The highest BCUT2D eigenvalue weighted by molar-refractivity contribution is 7.80. The van der Waals surface area contributed by atoms with Gasteiger partial charge in [0.2, 0.25) is 0 Å². The Morgan fingerprint density at radius 1 is 0.971 bits per heavy atom. The van der Waals surface area contributed by atoms with E-state index in [0.717, 1.165) is 34.9 Å². The fourth-order valence-electron chi connectivity index (χ4n) is 4.93. The van der Waals surface area contributed by atoms with E-state index in [2.05, 4.69) is 76.9 Å². The van der Waals surface area contributed by atoms with Gasteiger partial charge in [0.1, 0.15) is 5.75 Å². The second-order valence-electron chi connectivity index (χ2n) is 8.69. The largest absolute Gasteiger partial charge is 0.508 e. The smallest absolute Gasteiger partial charge is 0.174 e. The monoisotopic (exact) mass is 468 g/mol. The molecule has 0 radical (unpaired) electrons. The molecule has 2 atom stereocenters. The molecule has 0 bridgehead atoms. The number of phenolic OH excluding ortho intramolecular Hbond substituents is 1. The Morgan fingerprint density at radius 3 is 2.32 bits per heavy atom. The summed E-state index contributed by atoms with van der Waals surface area (Å²) < 4.78 is 2.23. The molecular weight excluding hydrogens is 440 g/mol. The van der Waals surface area contributed by atoms with Crippen LogP contribution < -0.4 is 10.2 Å². The SMILES string of the molecule is CCc1ccc(N2C(=S)N[C@H](c3ccccn3)[C@@H]2c2cc(C)n(-c3ccc(O)cc3)c2C)cc1. The zero-order valence-corrected chi connectivity index (χ0v) is 20.4. The first kappa shape index (κ1) is 22.2. The number of hydrogen-bond donors (Lipinski definition) is 2. The molecule has 0 spiro atoms. The lowest BCUT2D eigenvalue weighted by molar-refractivity contribution is 0.475. The van der Waals surface area contributed by atoms with Crippen molar-refractivity contribution in [1.29, 1.82) is 0 Å². The third-order valence-electron chi connectivity index (χ3n) is 6.62. The van der Waals surface area contributed by atoms with Gasteiger partial charge in [-0.3, -0.25) is 4.98 Å². The van der Waals surface area contributed by atoms with Crippen LogP contribution in [0.25, 0.3) is 5.69 Å². The molecular formula is C28H28N4OS. The van der Waals surface area contributed by atoms with E-state index in [4.69, 9.17) is 12.2 Å². The summed E-state index contributed by atoms with van der Waals surface area (Å²) >= 11 is 5.88. The van der Waals surface area contributed by atoms with Crippen LogP contribution in [0.15, 0.2) is 79.0 Å². The van der Waals surface area contributed by atoms with E-state index in [1.54, 1.807) is 12.1 Å². The van der Waals surface area contributed by atoms with Crippen molar-refractivity contribution in [3.63, 3.8) is 0 Å². The van der Waals surface area contributed by atoms with E-state index in [1.807, 2.05) is 30.5 Å². The minimum atomic E-state index is -0.0895. The first-order valence-corrected chi connectivity index (χ1v) is 12.0. The number of anilines is 1. The van der Waals surface area contributed by atoms with Crippen molar-refractivity contribution in [2.45, 2.75) is 39.3 Å². The lowest BCUT2D eigenvalue weighted by atomic mass is 9.96. The molecule has 0 amide bonds. The van der Waals surface area contributed by atoms with Gasteiger partial charge >= 0.3 is 0 Å². The second kappa shape index (κ2) is 8.95. The summed E-state index contributed by atoms with van der Waals surface area (Å²) in [6.45, 7) is 6.42. The van der Waals surface area contributed by atoms with Gasteiger partial charge < -0.3 is 19.9 Å². The van der Waals surface area contributed by atoms with E-state index in [-0.39, 0.29) is 17.8 Å². The van der Waals surface area contributed by atoms with Crippen molar-refractivity contribution in [2.24, 2.45) is 0 Å². The van der Waals surface area contributed by atoms with E-state index in [0.29, 0.717) is 5.11 Å². The van der Waals surface area contributed by atoms with E-state index in [1.165, 1.54) is 11.1 Å². The Kier molecular flexibility index (Phi) is 5.84. The molecule has 1 aliphatic rings. The van der Waals surface area contributed by atoms with Crippen LogP contribution in [0, 0.1) is 13.8 Å². The third kappa shape index (κ3) is 3.84. The van der Waals surface area contributed by atoms with Crippen molar-refractivity contribution < 1.29 is 5.11 Å². The molecule has 6 heteroatoms. The number of aromatic hydroxyl groups is 1. The molecule has 2 aromatic carbocycles. The minimum Gasteiger partial charge on any atom is -0.508 e. The number of nitrogens with one attached hydrogen (secondary N) is 1. The number of nitrogens with zero attached hydrogens (tertiary/aromatic N) is 3. The highest BCUT2D eigenvalue weighted by atomic mass is 32.1. The maximum atomic E-state index is 9.76. The van der Waals surface area contributed by atoms with Crippen LogP contribution in [0.5, 0.6) is 5.75 Å². The molecule has 1 fully saturated rings. The fourth-order valence-corrected chi connectivity index (χ4v) is 5.27. The van der Waals surface area contributed by atoms with Gasteiger partial charge in [-0.05, 0) is 98.2 Å². The first-order valence-electron chi connectivity index (χ1n) is 11.6. The average molecular weight is 469 g/mol. The Balaban J connectivity index is 1.66. The van der Waals surface area contributed by atoms with Gasteiger partial charge in [0.25, 0.3) is 0 Å². The van der Waals surface area contributed by atoms with Gasteiger partial charge in [0, 0.05) is 29.0 Å². The summed E-state index contributed by atoms with van der Waals surface area (Å²) in [5.74, 6) is 0.258. The third-order valence-corrected chi connectivity index (χ3v) is 6.93. The molecule has 0 saturated carbocycles. The van der Waals surface area contributed by atoms with Crippen LogP contribution in [0.4, 0.5) is 5.69 Å². The van der Waals surface area contributed by atoms with Gasteiger partial charge in [0.05, 0.1) is 17.8 Å². The number of hydrogen-bond acceptors (Lipinski definition) is 3. The van der Waals surface area contributed by atoms with Crippen LogP contribution >= 0.6 is 12.2 Å². The number of thiocarbonyl (C=S) groups is 1. The summed E-state index contributed by atoms with van der Waals surface area (Å²) in [5, 5.41) is 14.0. The predicted octanol–water partition coefficient (Wildman–Crippen LogP) is 5.93. The maximum Gasteiger partial charge on any atom is 0.174 e. The Morgan fingerprint density at radius 2 is 1.68 bits per heavy atom. The van der Waals surface area contributed by atoms with Crippen LogP contribution in [0.1, 0.15) is 47.2 Å². The summed E-state index contributed by atoms with van der Waals surface area (Å²) in [6, 6.07) is 24.1. The van der Waals surface area contributed by atoms with Crippen molar-refractivity contribution in [1.82, 2.24) is 14.9 Å². The van der Waals surface area contributed by atoms with E-state index < -0.39 is 0 Å². The van der Waals surface area contributed by atoms with Crippen molar-refractivity contribution >= 4 is 23.0 Å². The first-order chi connectivity index (χ1) is 16.5. The summed E-state index contributed by atoms with van der Waals surface area (Å²) in [5.41, 5.74) is 7.77. The number of aryl methyl sites for hydroxylation is 2. The van der Waals surface area contributed by atoms with Crippen LogP contribution in [-0.4, -0.2) is 19.8 Å². The normalized spacial score (nSPS) is 17.7. The lowest BCUT2D eigenvalue weighted by Gasteiger charge is -2.28. The fraction of sp³-hybridized carbons (Fsp3) is 0.214. The van der Waals surface area contributed by atoms with Crippen LogP contribution in [-0.2, 0) is 6.42 Å². The predicted molar refractivity (Wildman–Crippen MR) is 141 cm³/mol. The van der Waals surface area contributed by atoms with E-state index >= 15 is 0 Å². The minimum absolute atomic E-state index is 0.0630. The zero-order valence-electron chi connectivity index (χ0n) is 19.6. The highest BCUT2D eigenvalue weighted by Gasteiger charge is 2.42. The molecule has 5 nitrogen and oxygen atoms in total. The maximum absolute atomic E-state index is 9.76. The molecule has 172 valence electrons. The topological polar surface area (TPSA) is 53.3 Å². The molecule has 5 rings (SSSR count). The van der Waals surface area contributed by atoms with E-state index in [9.17, 15) is 5.11 Å². The molecule has 4 aromatic rings. The highest BCUT2D eigenvalue weighted by Crippen LogP contribution is 2.43. The number of phenols is 1. The summed E-state index contributed by atoms with van der Waals surface area (Å²) in [6.07, 6.45) is 2.83. The summed E-state index contributed by atoms with van der Waals surface area (Å²) in [7, 11) is 0. The van der Waals surface area contributed by atoms with Gasteiger partial charge in [-0.15, -0.1) is 0 Å². The lowest BCUT2D eigenvalue weighted by Crippen LogP contribution is -2.29. The molecule has 34 heavy (non-hydrogen) atoms. The number of pyridine rings is 1. The summed E-state index contributed by atoms with van der Waals surface area (Å²) in [4.78, 5) is 6.89.